The van der Waals surface area contributed by atoms with E-state index < -0.39 is 0 Å². The molecule has 0 aliphatic carbocycles. The fourth-order valence-corrected chi connectivity index (χ4v) is 3.55. The second kappa shape index (κ2) is 9.14. The molecule has 0 unspecified atom stereocenters. The summed E-state index contributed by atoms with van der Waals surface area (Å²) in [6, 6.07) is 13.8. The van der Waals surface area contributed by atoms with Crippen molar-refractivity contribution in [2.75, 3.05) is 13.1 Å². The highest BCUT2D eigenvalue weighted by molar-refractivity contribution is 7.16. The van der Waals surface area contributed by atoms with Crippen LogP contribution in [0.4, 0.5) is 4.39 Å². The minimum absolute atomic E-state index is 0.184. The molecule has 0 atom stereocenters. The van der Waals surface area contributed by atoms with E-state index in [1.54, 1.807) is 54.2 Å². The van der Waals surface area contributed by atoms with Crippen LogP contribution in [-0.4, -0.2) is 29.5 Å². The second-order valence-electron chi connectivity index (χ2n) is 6.07. The average molecular weight is 397 g/mol. The van der Waals surface area contributed by atoms with Crippen molar-refractivity contribution >= 4 is 29.2 Å². The third-order valence-electron chi connectivity index (χ3n) is 4.05. The van der Waals surface area contributed by atoms with Crippen molar-refractivity contribution in [3.8, 4) is 10.4 Å². The Balaban J connectivity index is 1.45. The zero-order valence-electron chi connectivity index (χ0n) is 15.3. The van der Waals surface area contributed by atoms with Gasteiger partial charge in [0.05, 0.1) is 0 Å². The van der Waals surface area contributed by atoms with Crippen molar-refractivity contribution in [1.82, 2.24) is 15.2 Å². The lowest BCUT2D eigenvalue weighted by Crippen LogP contribution is -2.34. The minimum Gasteiger partial charge on any atom is -0.351 e. The highest BCUT2D eigenvalue weighted by atomic mass is 32.1. The number of halogens is 1. The summed E-state index contributed by atoms with van der Waals surface area (Å²) in [4.78, 5) is 25.5. The van der Waals surface area contributed by atoms with E-state index in [4.69, 9.17) is 0 Å². The van der Waals surface area contributed by atoms with Gasteiger partial charge in [-0.15, -0.1) is 11.3 Å². The van der Waals surface area contributed by atoms with E-state index in [0.29, 0.717) is 24.3 Å². The van der Waals surface area contributed by atoms with Crippen molar-refractivity contribution in [2.24, 2.45) is 7.05 Å². The van der Waals surface area contributed by atoms with Crippen LogP contribution < -0.4 is 10.6 Å². The van der Waals surface area contributed by atoms with Gasteiger partial charge >= 0.3 is 0 Å². The number of hydrogen-bond acceptors (Lipinski definition) is 3. The van der Waals surface area contributed by atoms with E-state index in [1.807, 2.05) is 12.1 Å². The number of aromatic nitrogens is 1. The van der Waals surface area contributed by atoms with Gasteiger partial charge in [0.25, 0.3) is 5.91 Å². The molecule has 3 rings (SSSR count). The molecule has 0 radical (unpaired) electrons. The van der Waals surface area contributed by atoms with Crippen molar-refractivity contribution in [3.63, 3.8) is 0 Å². The predicted octanol–water partition coefficient (Wildman–Crippen LogP) is 3.45. The molecule has 0 aliphatic rings. The maximum atomic E-state index is 13.8. The lowest BCUT2D eigenvalue weighted by atomic mass is 10.2. The number of nitrogens with one attached hydrogen (secondary N) is 2. The molecule has 0 bridgehead atoms. The highest BCUT2D eigenvalue weighted by Crippen LogP contribution is 2.30. The van der Waals surface area contributed by atoms with E-state index in [-0.39, 0.29) is 17.6 Å². The van der Waals surface area contributed by atoms with Gasteiger partial charge in [0.2, 0.25) is 5.91 Å². The molecule has 5 nitrogen and oxygen atoms in total. The Morgan fingerprint density at radius 3 is 2.61 bits per heavy atom. The standard InChI is InChI=1S/C21H20FN3O2S/c1-25-14-4-7-18(25)21(27)24-13-12-23-20(26)11-9-15-8-10-19(28-15)16-5-2-3-6-17(16)22/h2-11,14H,12-13H2,1H3,(H,23,26)(H,24,27). The molecule has 7 heteroatoms. The van der Waals surface area contributed by atoms with Gasteiger partial charge in [0, 0.05) is 47.7 Å². The summed E-state index contributed by atoms with van der Waals surface area (Å²) in [5.41, 5.74) is 1.11. The summed E-state index contributed by atoms with van der Waals surface area (Å²) in [7, 11) is 1.80. The van der Waals surface area contributed by atoms with Crippen LogP contribution in [-0.2, 0) is 11.8 Å². The van der Waals surface area contributed by atoms with Crippen molar-refractivity contribution < 1.29 is 14.0 Å². The molecule has 2 amide bonds. The molecule has 2 heterocycles. The number of thiophene rings is 1. The first-order chi connectivity index (χ1) is 13.5. The van der Waals surface area contributed by atoms with Gasteiger partial charge < -0.3 is 15.2 Å². The molecular weight excluding hydrogens is 377 g/mol. The summed E-state index contributed by atoms with van der Waals surface area (Å²) in [5, 5.41) is 5.46. The first-order valence-electron chi connectivity index (χ1n) is 8.75. The molecule has 2 N–H and O–H groups in total. The Kier molecular flexibility index (Phi) is 6.39. The van der Waals surface area contributed by atoms with Crippen LogP contribution in [0.5, 0.6) is 0 Å². The first kappa shape index (κ1) is 19.6. The monoisotopic (exact) mass is 397 g/mol. The molecule has 144 valence electrons. The van der Waals surface area contributed by atoms with Crippen LogP contribution in [0.15, 0.2) is 60.8 Å². The quantitative estimate of drug-likeness (QED) is 0.474. The van der Waals surface area contributed by atoms with Gasteiger partial charge in [0.1, 0.15) is 11.5 Å². The summed E-state index contributed by atoms with van der Waals surface area (Å²) in [6.07, 6.45) is 4.91. The van der Waals surface area contributed by atoms with E-state index in [2.05, 4.69) is 10.6 Å². The van der Waals surface area contributed by atoms with E-state index in [1.165, 1.54) is 23.5 Å². The van der Waals surface area contributed by atoms with Crippen molar-refractivity contribution in [3.05, 3.63) is 77.2 Å². The number of amides is 2. The van der Waals surface area contributed by atoms with Gasteiger partial charge in [-0.1, -0.05) is 18.2 Å². The molecule has 3 aromatic rings. The SMILES string of the molecule is Cn1cccc1C(=O)NCCNC(=O)C=Cc1ccc(-c2ccccc2F)s1. The van der Waals surface area contributed by atoms with Crippen LogP contribution >= 0.6 is 11.3 Å². The van der Waals surface area contributed by atoms with E-state index in [0.717, 1.165) is 9.75 Å². The molecule has 0 fully saturated rings. The van der Waals surface area contributed by atoms with Gasteiger partial charge in [-0.05, 0) is 36.4 Å². The Morgan fingerprint density at radius 1 is 1.07 bits per heavy atom. The average Bonchev–Trinajstić information content (AvgIpc) is 3.33. The Labute approximate surface area is 166 Å². The summed E-state index contributed by atoms with van der Waals surface area (Å²) >= 11 is 1.41. The Hall–Kier alpha value is -3.19. The number of aryl methyl sites for hydroxylation is 1. The minimum atomic E-state index is -0.269. The lowest BCUT2D eigenvalue weighted by molar-refractivity contribution is -0.116. The summed E-state index contributed by atoms with van der Waals surface area (Å²) in [6.45, 7) is 0.657. The molecule has 0 saturated carbocycles. The van der Waals surface area contributed by atoms with Crippen LogP contribution in [0.1, 0.15) is 15.4 Å². The van der Waals surface area contributed by atoms with Gasteiger partial charge in [-0.2, -0.15) is 0 Å². The fourth-order valence-electron chi connectivity index (χ4n) is 2.61. The van der Waals surface area contributed by atoms with Crippen molar-refractivity contribution in [1.29, 1.82) is 0 Å². The zero-order chi connectivity index (χ0) is 19.9. The molecule has 2 aromatic heterocycles. The fraction of sp³-hybridized carbons (Fsp3) is 0.143. The highest BCUT2D eigenvalue weighted by Gasteiger charge is 2.08. The number of nitrogens with zero attached hydrogens (tertiary/aromatic N) is 1. The number of rotatable bonds is 7. The van der Waals surface area contributed by atoms with Gasteiger partial charge in [0.15, 0.2) is 0 Å². The van der Waals surface area contributed by atoms with Crippen LogP contribution in [0.2, 0.25) is 0 Å². The third-order valence-corrected chi connectivity index (χ3v) is 5.14. The maximum Gasteiger partial charge on any atom is 0.267 e. The second-order valence-corrected chi connectivity index (χ2v) is 7.18. The number of carbonyl (C=O) groups is 2. The first-order valence-corrected chi connectivity index (χ1v) is 9.56. The smallest absolute Gasteiger partial charge is 0.267 e. The van der Waals surface area contributed by atoms with Crippen LogP contribution in [0, 0.1) is 5.82 Å². The predicted molar refractivity (Wildman–Crippen MR) is 110 cm³/mol. The van der Waals surface area contributed by atoms with Gasteiger partial charge in [-0.25, -0.2) is 4.39 Å². The van der Waals surface area contributed by atoms with E-state index >= 15 is 0 Å². The molecule has 0 spiro atoms. The summed E-state index contributed by atoms with van der Waals surface area (Å²) in [5.74, 6) is -0.708. The normalized spacial score (nSPS) is 10.9. The zero-order valence-corrected chi connectivity index (χ0v) is 16.1. The topological polar surface area (TPSA) is 63.1 Å². The number of hydrogen-bond donors (Lipinski definition) is 2. The number of carbonyl (C=O) groups excluding carboxylic acids is 2. The number of benzene rings is 1. The molecule has 0 aliphatic heterocycles. The molecule has 1 aromatic carbocycles. The van der Waals surface area contributed by atoms with Crippen LogP contribution in [0.25, 0.3) is 16.5 Å². The lowest BCUT2D eigenvalue weighted by Gasteiger charge is -2.06. The molecule has 0 saturated heterocycles. The largest absolute Gasteiger partial charge is 0.351 e. The van der Waals surface area contributed by atoms with Crippen LogP contribution in [0.3, 0.4) is 0 Å². The maximum absolute atomic E-state index is 13.8. The molecule has 28 heavy (non-hydrogen) atoms. The Morgan fingerprint density at radius 2 is 1.86 bits per heavy atom. The summed E-state index contributed by atoms with van der Waals surface area (Å²) < 4.78 is 15.6. The molecular formula is C21H20FN3O2S. The van der Waals surface area contributed by atoms with E-state index in [9.17, 15) is 14.0 Å². The van der Waals surface area contributed by atoms with Crippen molar-refractivity contribution in [2.45, 2.75) is 0 Å². The van der Waals surface area contributed by atoms with Gasteiger partial charge in [-0.3, -0.25) is 9.59 Å². The Bertz CT molecular complexity index is 1010. The third kappa shape index (κ3) is 4.95.